The van der Waals surface area contributed by atoms with Gasteiger partial charge in [0.2, 0.25) is 0 Å². The summed E-state index contributed by atoms with van der Waals surface area (Å²) in [6.45, 7) is 0. The number of rotatable bonds is 3. The molecular formula is C19H15N5O. The summed E-state index contributed by atoms with van der Waals surface area (Å²) < 4.78 is 0. The molecule has 1 atom stereocenters. The van der Waals surface area contributed by atoms with Crippen molar-refractivity contribution in [1.29, 1.82) is 0 Å². The van der Waals surface area contributed by atoms with Crippen molar-refractivity contribution in [3.05, 3.63) is 90.0 Å². The number of pyridine rings is 2. The number of carbonyl (C=O) groups excluding carboxylic acids is 1. The second-order valence-corrected chi connectivity index (χ2v) is 5.50. The number of fused-ring (bicyclic) bond motifs is 1. The number of aromatic nitrogens is 2. The third-order valence-electron chi connectivity index (χ3n) is 3.87. The van der Waals surface area contributed by atoms with Crippen LogP contribution in [0.1, 0.15) is 27.9 Å². The first-order valence-electron chi connectivity index (χ1n) is 7.88. The van der Waals surface area contributed by atoms with Gasteiger partial charge < -0.3 is 5.32 Å². The molecule has 0 radical (unpaired) electrons. The van der Waals surface area contributed by atoms with Crippen molar-refractivity contribution in [2.24, 2.45) is 5.10 Å². The zero-order chi connectivity index (χ0) is 17.1. The fourth-order valence-corrected chi connectivity index (χ4v) is 2.67. The highest BCUT2D eigenvalue weighted by atomic mass is 16.2. The molecule has 0 saturated heterocycles. The maximum atomic E-state index is 12.9. The Morgan fingerprint density at radius 3 is 2.48 bits per heavy atom. The van der Waals surface area contributed by atoms with Crippen LogP contribution in [0.15, 0.2) is 78.2 Å². The molecule has 1 aliphatic rings. The lowest BCUT2D eigenvalue weighted by atomic mass is 10.1. The first-order chi connectivity index (χ1) is 12.3. The van der Waals surface area contributed by atoms with Crippen LogP contribution in [-0.2, 0) is 0 Å². The van der Waals surface area contributed by atoms with E-state index in [9.17, 15) is 4.79 Å². The molecule has 6 heteroatoms. The molecule has 0 unspecified atom stereocenters. The van der Waals surface area contributed by atoms with E-state index in [2.05, 4.69) is 20.4 Å². The lowest BCUT2D eigenvalue weighted by molar-refractivity contribution is 0.0688. The van der Waals surface area contributed by atoms with Gasteiger partial charge in [0.05, 0.1) is 23.2 Å². The highest BCUT2D eigenvalue weighted by molar-refractivity contribution is 6.02. The van der Waals surface area contributed by atoms with Crippen LogP contribution in [0.25, 0.3) is 0 Å². The van der Waals surface area contributed by atoms with E-state index in [4.69, 9.17) is 0 Å². The van der Waals surface area contributed by atoms with Crippen LogP contribution in [0.4, 0.5) is 5.69 Å². The summed E-state index contributed by atoms with van der Waals surface area (Å²) >= 11 is 0. The molecule has 6 nitrogen and oxygen atoms in total. The quantitative estimate of drug-likeness (QED) is 0.750. The van der Waals surface area contributed by atoms with E-state index >= 15 is 0 Å². The standard InChI is InChI=1S/C19H15N5O/c25-19-15-8-1-2-9-16(15)23-18(17-10-4-6-12-21-17)24(19)22-13-14-7-3-5-11-20-14/h1-13,18,23H/b22-13+/t18-/m0/s1. The Hall–Kier alpha value is -3.54. The maximum Gasteiger partial charge on any atom is 0.278 e. The minimum absolute atomic E-state index is 0.183. The second-order valence-electron chi connectivity index (χ2n) is 5.50. The molecule has 0 spiro atoms. The largest absolute Gasteiger partial charge is 0.358 e. The van der Waals surface area contributed by atoms with Gasteiger partial charge in [-0.05, 0) is 36.4 Å². The van der Waals surface area contributed by atoms with Crippen LogP contribution in [0.2, 0.25) is 0 Å². The van der Waals surface area contributed by atoms with E-state index in [1.54, 1.807) is 24.7 Å². The number of carbonyl (C=O) groups is 1. The first kappa shape index (κ1) is 15.0. The Kier molecular flexibility index (Phi) is 3.92. The summed E-state index contributed by atoms with van der Waals surface area (Å²) in [6, 6.07) is 18.5. The molecule has 0 bridgehead atoms. The Morgan fingerprint density at radius 2 is 1.72 bits per heavy atom. The van der Waals surface area contributed by atoms with Gasteiger partial charge in [-0.2, -0.15) is 5.10 Å². The second kappa shape index (κ2) is 6.52. The fourth-order valence-electron chi connectivity index (χ4n) is 2.67. The van der Waals surface area contributed by atoms with Gasteiger partial charge in [-0.15, -0.1) is 0 Å². The van der Waals surface area contributed by atoms with E-state index in [0.29, 0.717) is 17.0 Å². The molecule has 3 aromatic rings. The van der Waals surface area contributed by atoms with E-state index < -0.39 is 6.17 Å². The number of nitrogens with one attached hydrogen (secondary N) is 1. The molecule has 2 aromatic heterocycles. The van der Waals surface area contributed by atoms with Gasteiger partial charge >= 0.3 is 0 Å². The van der Waals surface area contributed by atoms with Crippen molar-refractivity contribution >= 4 is 17.8 Å². The van der Waals surface area contributed by atoms with Crippen LogP contribution in [0.3, 0.4) is 0 Å². The summed E-state index contributed by atoms with van der Waals surface area (Å²) in [6.07, 6.45) is 4.47. The molecule has 1 aromatic carbocycles. The summed E-state index contributed by atoms with van der Waals surface area (Å²) in [5.74, 6) is -0.183. The Balaban J connectivity index is 1.75. The van der Waals surface area contributed by atoms with E-state index in [-0.39, 0.29) is 5.91 Å². The van der Waals surface area contributed by atoms with Crippen molar-refractivity contribution in [2.75, 3.05) is 5.32 Å². The van der Waals surface area contributed by atoms with Crippen LogP contribution in [0, 0.1) is 0 Å². The highest BCUT2D eigenvalue weighted by Crippen LogP contribution is 2.32. The third-order valence-corrected chi connectivity index (χ3v) is 3.87. The van der Waals surface area contributed by atoms with Crippen LogP contribution in [0.5, 0.6) is 0 Å². The number of hydrazone groups is 1. The molecule has 3 heterocycles. The van der Waals surface area contributed by atoms with Crippen molar-refractivity contribution in [3.63, 3.8) is 0 Å². The minimum Gasteiger partial charge on any atom is -0.358 e. The number of anilines is 1. The highest BCUT2D eigenvalue weighted by Gasteiger charge is 2.33. The van der Waals surface area contributed by atoms with Crippen molar-refractivity contribution < 1.29 is 4.79 Å². The molecule has 1 aliphatic heterocycles. The molecule has 0 fully saturated rings. The Labute approximate surface area is 144 Å². The zero-order valence-corrected chi connectivity index (χ0v) is 13.3. The number of nitrogens with zero attached hydrogens (tertiary/aromatic N) is 4. The normalized spacial score (nSPS) is 16.6. The number of amides is 1. The zero-order valence-electron chi connectivity index (χ0n) is 13.3. The van der Waals surface area contributed by atoms with Gasteiger partial charge in [-0.25, -0.2) is 5.01 Å². The van der Waals surface area contributed by atoms with Gasteiger partial charge in [0.1, 0.15) is 0 Å². The number of hydrogen-bond donors (Lipinski definition) is 1. The summed E-state index contributed by atoms with van der Waals surface area (Å²) in [4.78, 5) is 21.5. The molecule has 1 amide bonds. The van der Waals surface area contributed by atoms with E-state index in [0.717, 1.165) is 5.69 Å². The third kappa shape index (κ3) is 2.97. The van der Waals surface area contributed by atoms with Gasteiger partial charge in [-0.3, -0.25) is 14.8 Å². The topological polar surface area (TPSA) is 70.5 Å². The maximum absolute atomic E-state index is 12.9. The van der Waals surface area contributed by atoms with Gasteiger partial charge in [0.25, 0.3) is 5.91 Å². The van der Waals surface area contributed by atoms with Crippen LogP contribution in [-0.4, -0.2) is 27.1 Å². The first-order valence-corrected chi connectivity index (χ1v) is 7.88. The van der Waals surface area contributed by atoms with Crippen molar-refractivity contribution in [2.45, 2.75) is 6.17 Å². The summed E-state index contributed by atoms with van der Waals surface area (Å²) in [5.41, 5.74) is 2.73. The van der Waals surface area contributed by atoms with Gasteiger partial charge in [-0.1, -0.05) is 24.3 Å². The molecular weight excluding hydrogens is 314 g/mol. The SMILES string of the molecule is O=C1c2ccccc2N[C@H](c2ccccn2)N1/N=C/c1ccccn1. The van der Waals surface area contributed by atoms with Gasteiger partial charge in [0.15, 0.2) is 6.17 Å². The molecule has 25 heavy (non-hydrogen) atoms. The lowest BCUT2D eigenvalue weighted by Gasteiger charge is -2.33. The predicted octanol–water partition coefficient (Wildman–Crippen LogP) is 3.08. The minimum atomic E-state index is -0.483. The molecule has 122 valence electrons. The molecule has 0 aliphatic carbocycles. The summed E-state index contributed by atoms with van der Waals surface area (Å²) in [7, 11) is 0. The smallest absolute Gasteiger partial charge is 0.278 e. The van der Waals surface area contributed by atoms with Crippen molar-refractivity contribution in [3.8, 4) is 0 Å². The van der Waals surface area contributed by atoms with Crippen LogP contribution < -0.4 is 5.32 Å². The average molecular weight is 329 g/mol. The van der Waals surface area contributed by atoms with Crippen molar-refractivity contribution in [1.82, 2.24) is 15.0 Å². The average Bonchev–Trinajstić information content (AvgIpc) is 2.69. The Morgan fingerprint density at radius 1 is 0.960 bits per heavy atom. The number of hydrogen-bond acceptors (Lipinski definition) is 5. The predicted molar refractivity (Wildman–Crippen MR) is 95.0 cm³/mol. The Bertz CT molecular complexity index is 911. The number of para-hydroxylation sites is 1. The lowest BCUT2D eigenvalue weighted by Crippen LogP contribution is -2.40. The molecule has 1 N–H and O–H groups in total. The van der Waals surface area contributed by atoms with E-state index in [1.807, 2.05) is 54.6 Å². The fraction of sp³-hybridized carbons (Fsp3) is 0.0526. The molecule has 0 saturated carbocycles. The van der Waals surface area contributed by atoms with Gasteiger partial charge in [0, 0.05) is 18.1 Å². The molecule has 4 rings (SSSR count). The number of benzene rings is 1. The van der Waals surface area contributed by atoms with E-state index in [1.165, 1.54) is 5.01 Å². The monoisotopic (exact) mass is 329 g/mol. The summed E-state index contributed by atoms with van der Waals surface area (Å²) in [5, 5.41) is 9.13. The van der Waals surface area contributed by atoms with Crippen LogP contribution >= 0.6 is 0 Å².